The van der Waals surface area contributed by atoms with Gasteiger partial charge < -0.3 is 14.6 Å². The molecular formula is C16H19N3O4. The van der Waals surface area contributed by atoms with Gasteiger partial charge in [-0.25, -0.2) is 0 Å². The summed E-state index contributed by atoms with van der Waals surface area (Å²) in [6.07, 6.45) is 3.49. The highest BCUT2D eigenvalue weighted by Gasteiger charge is 2.67. The van der Waals surface area contributed by atoms with Crippen molar-refractivity contribution in [2.45, 2.75) is 38.5 Å². The van der Waals surface area contributed by atoms with E-state index in [1.165, 1.54) is 0 Å². The number of carbonyl (C=O) groups is 2. The molecule has 0 aromatic carbocycles. The van der Waals surface area contributed by atoms with Gasteiger partial charge in [-0.1, -0.05) is 17.3 Å². The van der Waals surface area contributed by atoms with Crippen LogP contribution in [0.25, 0.3) is 0 Å². The largest absolute Gasteiger partial charge is 0.360 e. The molecule has 2 fully saturated rings. The Morgan fingerprint density at radius 2 is 2.30 bits per heavy atom. The minimum atomic E-state index is -0.729. The number of aryl methyl sites for hydroxylation is 1. The number of fused-ring (bicyclic) bond motifs is 1. The molecule has 2 amide bonds. The van der Waals surface area contributed by atoms with Crippen LogP contribution in [0, 0.1) is 18.8 Å². The fourth-order valence-electron chi connectivity index (χ4n) is 3.85. The molecule has 4 heterocycles. The van der Waals surface area contributed by atoms with E-state index in [1.54, 1.807) is 17.9 Å². The maximum absolute atomic E-state index is 12.9. The summed E-state index contributed by atoms with van der Waals surface area (Å²) in [6, 6.07) is 1.74. The summed E-state index contributed by atoms with van der Waals surface area (Å²) in [7, 11) is 0. The molecule has 23 heavy (non-hydrogen) atoms. The van der Waals surface area contributed by atoms with Crippen molar-refractivity contribution in [2.75, 3.05) is 11.4 Å². The van der Waals surface area contributed by atoms with Gasteiger partial charge in [0.15, 0.2) is 5.82 Å². The first-order chi connectivity index (χ1) is 10.9. The maximum Gasteiger partial charge on any atom is 0.235 e. The van der Waals surface area contributed by atoms with Gasteiger partial charge in [0.2, 0.25) is 11.8 Å². The zero-order chi connectivity index (χ0) is 16.4. The Morgan fingerprint density at radius 3 is 2.96 bits per heavy atom. The zero-order valence-electron chi connectivity index (χ0n) is 13.3. The molecule has 1 aromatic rings. The lowest BCUT2D eigenvalue weighted by Crippen LogP contribution is -2.45. The minimum Gasteiger partial charge on any atom is -0.360 e. The van der Waals surface area contributed by atoms with Gasteiger partial charge in [0, 0.05) is 12.1 Å². The van der Waals surface area contributed by atoms with Crippen LogP contribution in [0.15, 0.2) is 22.7 Å². The number of hydrogen-bond donors (Lipinski definition) is 1. The van der Waals surface area contributed by atoms with Crippen LogP contribution in [0.1, 0.15) is 19.6 Å². The van der Waals surface area contributed by atoms with Gasteiger partial charge in [-0.3, -0.25) is 14.5 Å². The van der Waals surface area contributed by atoms with Gasteiger partial charge >= 0.3 is 0 Å². The summed E-state index contributed by atoms with van der Waals surface area (Å²) < 4.78 is 11.1. The molecule has 3 aliphatic heterocycles. The van der Waals surface area contributed by atoms with E-state index < -0.39 is 17.4 Å². The summed E-state index contributed by atoms with van der Waals surface area (Å²) in [6.45, 7) is 5.94. The Morgan fingerprint density at radius 1 is 1.52 bits per heavy atom. The van der Waals surface area contributed by atoms with E-state index in [0.29, 0.717) is 18.1 Å². The van der Waals surface area contributed by atoms with Gasteiger partial charge in [-0.15, -0.1) is 0 Å². The maximum atomic E-state index is 12.9. The highest BCUT2D eigenvalue weighted by Crippen LogP contribution is 2.52. The Bertz CT molecular complexity index is 710. The second-order valence-electron chi connectivity index (χ2n) is 6.78. The number of rotatable bonds is 3. The number of ether oxygens (including phenoxy) is 1. The van der Waals surface area contributed by atoms with Gasteiger partial charge in [0.25, 0.3) is 0 Å². The molecule has 7 heteroatoms. The molecule has 4 unspecified atom stereocenters. The molecule has 4 rings (SSSR count). The number of carbonyl (C=O) groups excluding carboxylic acids is 2. The van der Waals surface area contributed by atoms with Crippen LogP contribution < -0.4 is 10.2 Å². The van der Waals surface area contributed by atoms with Gasteiger partial charge in [0.05, 0.1) is 24.5 Å². The predicted molar refractivity (Wildman–Crippen MR) is 80.6 cm³/mol. The van der Waals surface area contributed by atoms with Gasteiger partial charge in [-0.2, -0.15) is 0 Å². The normalized spacial score (nSPS) is 34.5. The molecule has 2 saturated heterocycles. The Kier molecular flexibility index (Phi) is 2.93. The lowest BCUT2D eigenvalue weighted by atomic mass is 9.76. The number of amides is 2. The highest BCUT2D eigenvalue weighted by atomic mass is 16.5. The van der Waals surface area contributed by atoms with Gasteiger partial charge in [0.1, 0.15) is 11.4 Å². The van der Waals surface area contributed by atoms with Crippen molar-refractivity contribution in [1.82, 2.24) is 10.5 Å². The van der Waals surface area contributed by atoms with E-state index in [0.717, 1.165) is 0 Å². The average Bonchev–Trinajstić information content (AvgIpc) is 3.19. The monoisotopic (exact) mass is 317 g/mol. The fourth-order valence-corrected chi connectivity index (χ4v) is 3.85. The number of anilines is 1. The molecule has 0 radical (unpaired) electrons. The van der Waals surface area contributed by atoms with Crippen LogP contribution in [-0.4, -0.2) is 41.3 Å². The summed E-state index contributed by atoms with van der Waals surface area (Å²) in [5.74, 6) is -0.153. The zero-order valence-corrected chi connectivity index (χ0v) is 13.3. The lowest BCUT2D eigenvalue weighted by molar-refractivity contribution is -0.132. The standard InChI is InChI=1S/C16H19N3O4/c1-8(2)17-14(20)12-10-4-5-16(22-10)7-19(15(21)13(12)16)11-6-9(3)23-18-11/h4-6,8,10,12-13H,7H2,1-3H3,(H,17,20). The number of hydrogen-bond acceptors (Lipinski definition) is 5. The first kappa shape index (κ1) is 14.4. The fraction of sp³-hybridized carbons (Fsp3) is 0.562. The van der Waals surface area contributed by atoms with E-state index in [1.807, 2.05) is 26.0 Å². The molecule has 4 atom stereocenters. The topological polar surface area (TPSA) is 84.7 Å². The molecule has 122 valence electrons. The van der Waals surface area contributed by atoms with E-state index in [4.69, 9.17) is 9.26 Å². The van der Waals surface area contributed by atoms with Gasteiger partial charge in [-0.05, 0) is 20.8 Å². The first-order valence-electron chi connectivity index (χ1n) is 7.83. The molecule has 3 aliphatic rings. The first-order valence-corrected chi connectivity index (χ1v) is 7.83. The van der Waals surface area contributed by atoms with E-state index in [9.17, 15) is 9.59 Å². The van der Waals surface area contributed by atoms with Crippen molar-refractivity contribution in [3.8, 4) is 0 Å². The smallest absolute Gasteiger partial charge is 0.235 e. The molecule has 1 aromatic heterocycles. The lowest BCUT2D eigenvalue weighted by Gasteiger charge is -2.24. The second-order valence-corrected chi connectivity index (χ2v) is 6.78. The van der Waals surface area contributed by atoms with Crippen LogP contribution in [0.2, 0.25) is 0 Å². The van der Waals surface area contributed by atoms with Crippen molar-refractivity contribution >= 4 is 17.6 Å². The third kappa shape index (κ3) is 1.96. The molecule has 2 bridgehead atoms. The van der Waals surface area contributed by atoms with Crippen LogP contribution in [0.5, 0.6) is 0 Å². The Labute approximate surface area is 133 Å². The predicted octanol–water partition coefficient (Wildman–Crippen LogP) is 0.794. The molecule has 1 spiro atoms. The third-order valence-corrected chi connectivity index (χ3v) is 4.73. The summed E-state index contributed by atoms with van der Waals surface area (Å²) in [5.41, 5.74) is -0.729. The Balaban J connectivity index is 1.67. The molecule has 7 nitrogen and oxygen atoms in total. The van der Waals surface area contributed by atoms with E-state index >= 15 is 0 Å². The van der Waals surface area contributed by atoms with Crippen molar-refractivity contribution in [2.24, 2.45) is 11.8 Å². The quantitative estimate of drug-likeness (QED) is 0.833. The minimum absolute atomic E-state index is 0.0207. The second kappa shape index (κ2) is 4.67. The third-order valence-electron chi connectivity index (χ3n) is 4.73. The van der Waals surface area contributed by atoms with E-state index in [2.05, 4.69) is 10.5 Å². The van der Waals surface area contributed by atoms with Crippen molar-refractivity contribution < 1.29 is 18.8 Å². The number of nitrogens with zero attached hydrogens (tertiary/aromatic N) is 2. The molecule has 1 N–H and O–H groups in total. The van der Waals surface area contributed by atoms with Crippen LogP contribution in [-0.2, 0) is 14.3 Å². The van der Waals surface area contributed by atoms with Crippen molar-refractivity contribution in [1.29, 1.82) is 0 Å². The van der Waals surface area contributed by atoms with Crippen molar-refractivity contribution in [3.63, 3.8) is 0 Å². The molecular weight excluding hydrogens is 298 g/mol. The SMILES string of the molecule is Cc1cc(N2CC34C=CC(O3)C(C(=O)NC(C)C)C4C2=O)no1. The summed E-state index contributed by atoms with van der Waals surface area (Å²) in [4.78, 5) is 27.0. The Hall–Kier alpha value is -2.15. The van der Waals surface area contributed by atoms with Crippen LogP contribution >= 0.6 is 0 Å². The highest BCUT2D eigenvalue weighted by molar-refractivity contribution is 6.02. The van der Waals surface area contributed by atoms with Crippen LogP contribution in [0.3, 0.4) is 0 Å². The molecule has 0 saturated carbocycles. The molecule has 0 aliphatic carbocycles. The number of nitrogens with one attached hydrogen (secondary N) is 1. The summed E-state index contributed by atoms with van der Waals surface area (Å²) in [5, 5.41) is 6.82. The average molecular weight is 317 g/mol. The van der Waals surface area contributed by atoms with Crippen molar-refractivity contribution in [3.05, 3.63) is 24.0 Å². The number of aromatic nitrogens is 1. The van der Waals surface area contributed by atoms with E-state index in [-0.39, 0.29) is 24.0 Å². The van der Waals surface area contributed by atoms with Crippen LogP contribution in [0.4, 0.5) is 5.82 Å². The summed E-state index contributed by atoms with van der Waals surface area (Å²) >= 11 is 0.